The molecule has 1 aliphatic heterocycles. The van der Waals surface area contributed by atoms with E-state index in [-0.39, 0.29) is 48.6 Å². The Morgan fingerprint density at radius 2 is 1.70 bits per heavy atom. The fourth-order valence-corrected chi connectivity index (χ4v) is 5.61. The number of piperidine rings is 1. The maximum Gasteiger partial charge on any atom is 0.407 e. The van der Waals surface area contributed by atoms with Gasteiger partial charge in [-0.15, -0.1) is 0 Å². The van der Waals surface area contributed by atoms with Gasteiger partial charge < -0.3 is 20.1 Å². The number of nitrogens with one attached hydrogen (secondary N) is 1. The van der Waals surface area contributed by atoms with Gasteiger partial charge in [0.15, 0.2) is 0 Å². The molecule has 2 fully saturated rings. The molecule has 7 heteroatoms. The van der Waals surface area contributed by atoms with E-state index >= 15 is 0 Å². The molecule has 7 nitrogen and oxygen atoms in total. The number of carbonyl (C=O) groups is 3. The molecule has 3 aliphatic rings. The van der Waals surface area contributed by atoms with Crippen LogP contribution >= 0.6 is 0 Å². The van der Waals surface area contributed by atoms with Gasteiger partial charge in [-0.2, -0.15) is 0 Å². The minimum atomic E-state index is -0.760. The summed E-state index contributed by atoms with van der Waals surface area (Å²) in [7, 11) is 0. The van der Waals surface area contributed by atoms with Gasteiger partial charge in [0.25, 0.3) is 0 Å². The summed E-state index contributed by atoms with van der Waals surface area (Å²) >= 11 is 0. The number of benzene rings is 2. The van der Waals surface area contributed by atoms with E-state index in [0.717, 1.165) is 17.5 Å². The van der Waals surface area contributed by atoms with E-state index in [1.807, 2.05) is 24.3 Å². The van der Waals surface area contributed by atoms with Gasteiger partial charge in [0.05, 0.1) is 5.92 Å². The fraction of sp³-hybridized carbons (Fsp3) is 0.423. The van der Waals surface area contributed by atoms with Crippen molar-refractivity contribution in [1.29, 1.82) is 0 Å². The smallest absolute Gasteiger partial charge is 0.407 e. The van der Waals surface area contributed by atoms with Crippen LogP contribution in [0.4, 0.5) is 4.79 Å². The summed E-state index contributed by atoms with van der Waals surface area (Å²) in [5, 5.41) is 12.0. The third-order valence-electron chi connectivity index (χ3n) is 7.32. The Hall–Kier alpha value is -3.35. The second-order valence-electron chi connectivity index (χ2n) is 9.40. The number of likely N-dealkylation sites (tertiary alicyclic amines) is 1. The van der Waals surface area contributed by atoms with E-state index in [2.05, 4.69) is 29.6 Å². The van der Waals surface area contributed by atoms with Crippen LogP contribution in [0.3, 0.4) is 0 Å². The van der Waals surface area contributed by atoms with E-state index in [1.165, 1.54) is 11.1 Å². The number of aliphatic carboxylic acids is 1. The lowest BCUT2D eigenvalue weighted by atomic mass is 9.98. The Balaban J connectivity index is 1.12. The predicted octanol–water partition coefficient (Wildman–Crippen LogP) is 3.48. The van der Waals surface area contributed by atoms with Crippen molar-refractivity contribution in [3.63, 3.8) is 0 Å². The Labute approximate surface area is 192 Å². The molecule has 0 radical (unpaired) electrons. The minimum Gasteiger partial charge on any atom is -0.481 e. The van der Waals surface area contributed by atoms with Gasteiger partial charge in [-0.3, -0.25) is 9.59 Å². The Morgan fingerprint density at radius 1 is 1.06 bits per heavy atom. The highest BCUT2D eigenvalue weighted by atomic mass is 16.5. The maximum atomic E-state index is 12.7. The first kappa shape index (κ1) is 21.5. The van der Waals surface area contributed by atoms with Crippen LogP contribution in [0.15, 0.2) is 48.5 Å². The van der Waals surface area contributed by atoms with Crippen LogP contribution in [0, 0.1) is 17.8 Å². The summed E-state index contributed by atoms with van der Waals surface area (Å²) in [6, 6.07) is 16.0. The van der Waals surface area contributed by atoms with Crippen LogP contribution in [0.1, 0.15) is 36.8 Å². The first-order valence-electron chi connectivity index (χ1n) is 11.6. The van der Waals surface area contributed by atoms with Crippen LogP contribution in [0.25, 0.3) is 11.1 Å². The zero-order chi connectivity index (χ0) is 23.1. The lowest BCUT2D eigenvalue weighted by Crippen LogP contribution is -2.42. The predicted molar refractivity (Wildman–Crippen MR) is 122 cm³/mol. The van der Waals surface area contributed by atoms with Crippen molar-refractivity contribution in [2.45, 2.75) is 31.7 Å². The highest BCUT2D eigenvalue weighted by molar-refractivity contribution is 5.80. The molecular formula is C26H28N2O5. The molecular weight excluding hydrogens is 420 g/mol. The first-order chi connectivity index (χ1) is 15.9. The van der Waals surface area contributed by atoms with Gasteiger partial charge in [0.1, 0.15) is 6.61 Å². The standard InChI is InChI=1S/C26H28N2O5/c1-15(12-23(29)28-11-10-20-21(13-28)24(20)25(30)31)27-26(32)33-14-22-18-8-4-2-6-16(18)17-7-3-5-9-19(17)22/h2-9,15,20-22,24H,10-14H2,1H3,(H,27,32)(H,30,31)/t15-,20+,21-,24?/m1/s1. The number of alkyl carbamates (subject to hydrolysis) is 1. The van der Waals surface area contributed by atoms with Crippen LogP contribution in [0.5, 0.6) is 0 Å². The quantitative estimate of drug-likeness (QED) is 0.705. The van der Waals surface area contributed by atoms with Gasteiger partial charge in [-0.1, -0.05) is 48.5 Å². The molecule has 1 saturated heterocycles. The third kappa shape index (κ3) is 4.08. The number of amides is 2. The molecule has 2 aromatic rings. The average Bonchev–Trinajstić information content (AvgIpc) is 3.45. The van der Waals surface area contributed by atoms with E-state index in [0.29, 0.717) is 13.1 Å². The van der Waals surface area contributed by atoms with Crippen LogP contribution in [-0.2, 0) is 14.3 Å². The largest absolute Gasteiger partial charge is 0.481 e. The van der Waals surface area contributed by atoms with E-state index in [9.17, 15) is 19.5 Å². The molecule has 1 unspecified atom stereocenters. The summed E-state index contributed by atoms with van der Waals surface area (Å²) in [4.78, 5) is 38.1. The zero-order valence-electron chi connectivity index (χ0n) is 18.6. The molecule has 0 bridgehead atoms. The van der Waals surface area contributed by atoms with Gasteiger partial charge >= 0.3 is 12.1 Å². The molecule has 0 aromatic heterocycles. The van der Waals surface area contributed by atoms with E-state index in [1.54, 1.807) is 11.8 Å². The van der Waals surface area contributed by atoms with Crippen LogP contribution < -0.4 is 5.32 Å². The minimum absolute atomic E-state index is 0.0119. The van der Waals surface area contributed by atoms with Gasteiger partial charge in [0.2, 0.25) is 5.91 Å². The van der Waals surface area contributed by atoms with Gasteiger partial charge in [0, 0.05) is 31.5 Å². The number of hydrogen-bond donors (Lipinski definition) is 2. The van der Waals surface area contributed by atoms with E-state index in [4.69, 9.17) is 4.74 Å². The Kier molecular flexibility index (Phi) is 5.56. The third-order valence-corrected chi connectivity index (χ3v) is 7.32. The molecule has 1 heterocycles. The number of fused-ring (bicyclic) bond motifs is 4. The molecule has 2 N–H and O–H groups in total. The second-order valence-corrected chi connectivity index (χ2v) is 9.40. The number of hydrogen-bond acceptors (Lipinski definition) is 4. The SMILES string of the molecule is C[C@H](CC(=O)N1CC[C@@H]2C(C(=O)O)[C@@H]2C1)NC(=O)OCC1c2ccccc2-c2ccccc21. The summed E-state index contributed by atoms with van der Waals surface area (Å²) < 4.78 is 5.56. The summed E-state index contributed by atoms with van der Waals surface area (Å²) in [6.07, 6.45) is 0.366. The van der Waals surface area contributed by atoms with E-state index < -0.39 is 12.1 Å². The molecule has 4 atom stereocenters. The zero-order valence-corrected chi connectivity index (χ0v) is 18.6. The highest BCUT2D eigenvalue weighted by Gasteiger charge is 2.57. The lowest BCUT2D eigenvalue weighted by Gasteiger charge is -2.27. The first-order valence-corrected chi connectivity index (χ1v) is 11.6. The molecule has 1 saturated carbocycles. The Bertz CT molecular complexity index is 1050. The normalized spacial score (nSPS) is 23.7. The van der Waals surface area contributed by atoms with Crippen molar-refractivity contribution in [1.82, 2.24) is 10.2 Å². The number of rotatable bonds is 6. The number of nitrogens with zero attached hydrogens (tertiary/aromatic N) is 1. The molecule has 0 spiro atoms. The van der Waals surface area contributed by atoms with Crippen molar-refractivity contribution in [2.75, 3.05) is 19.7 Å². The maximum absolute atomic E-state index is 12.7. The Morgan fingerprint density at radius 3 is 2.33 bits per heavy atom. The van der Waals surface area contributed by atoms with Gasteiger partial charge in [-0.05, 0) is 47.4 Å². The number of carboxylic acid groups (broad SMARTS) is 1. The van der Waals surface area contributed by atoms with Crippen molar-refractivity contribution < 1.29 is 24.2 Å². The van der Waals surface area contributed by atoms with Crippen LogP contribution in [-0.4, -0.2) is 53.7 Å². The molecule has 172 valence electrons. The second kappa shape index (κ2) is 8.54. The molecule has 2 aliphatic carbocycles. The topological polar surface area (TPSA) is 95.9 Å². The molecule has 33 heavy (non-hydrogen) atoms. The summed E-state index contributed by atoms with van der Waals surface area (Å²) in [5.41, 5.74) is 4.65. The number of ether oxygens (including phenoxy) is 1. The molecule has 2 aromatic carbocycles. The van der Waals surface area contributed by atoms with Crippen molar-refractivity contribution in [3.05, 3.63) is 59.7 Å². The lowest BCUT2D eigenvalue weighted by molar-refractivity contribution is -0.139. The number of carboxylic acids is 1. The van der Waals surface area contributed by atoms with Crippen molar-refractivity contribution >= 4 is 18.0 Å². The van der Waals surface area contributed by atoms with Crippen LogP contribution in [0.2, 0.25) is 0 Å². The van der Waals surface area contributed by atoms with Crippen molar-refractivity contribution in [3.8, 4) is 11.1 Å². The fourth-order valence-electron chi connectivity index (χ4n) is 5.61. The molecule has 2 amide bonds. The number of carbonyl (C=O) groups excluding carboxylic acids is 2. The summed E-state index contributed by atoms with van der Waals surface area (Å²) in [5.74, 6) is -0.852. The van der Waals surface area contributed by atoms with Gasteiger partial charge in [-0.25, -0.2) is 4.79 Å². The average molecular weight is 449 g/mol. The van der Waals surface area contributed by atoms with Crippen molar-refractivity contribution in [2.24, 2.45) is 17.8 Å². The monoisotopic (exact) mass is 448 g/mol. The summed E-state index contributed by atoms with van der Waals surface area (Å²) in [6.45, 7) is 3.09. The molecule has 5 rings (SSSR count). The highest BCUT2D eigenvalue weighted by Crippen LogP contribution is 2.51.